The van der Waals surface area contributed by atoms with E-state index in [1.807, 2.05) is 6.92 Å². The standard InChI is InChI=1S/C10H14N2O/c1-7-8-3-2-4-9(8)12-10(11-7)5-6-13/h13H,2-6H2,1H3. The van der Waals surface area contributed by atoms with Gasteiger partial charge in [-0.15, -0.1) is 0 Å². The number of hydrogen-bond donors (Lipinski definition) is 1. The van der Waals surface area contributed by atoms with Crippen LogP contribution in [0.25, 0.3) is 0 Å². The van der Waals surface area contributed by atoms with Crippen LogP contribution in [0.3, 0.4) is 0 Å². The summed E-state index contributed by atoms with van der Waals surface area (Å²) >= 11 is 0. The van der Waals surface area contributed by atoms with Crippen molar-refractivity contribution in [2.45, 2.75) is 32.6 Å². The summed E-state index contributed by atoms with van der Waals surface area (Å²) in [5.74, 6) is 0.792. The molecular formula is C10H14N2O. The largest absolute Gasteiger partial charge is 0.396 e. The van der Waals surface area contributed by atoms with Crippen LogP contribution in [-0.4, -0.2) is 21.7 Å². The zero-order chi connectivity index (χ0) is 9.26. The van der Waals surface area contributed by atoms with Gasteiger partial charge in [0, 0.05) is 17.8 Å². The quantitative estimate of drug-likeness (QED) is 0.729. The van der Waals surface area contributed by atoms with Crippen LogP contribution in [0, 0.1) is 6.92 Å². The SMILES string of the molecule is Cc1nc(CCO)nc2c1CCC2. The van der Waals surface area contributed by atoms with Crippen molar-refractivity contribution >= 4 is 0 Å². The number of nitrogens with zero attached hydrogens (tertiary/aromatic N) is 2. The van der Waals surface area contributed by atoms with Gasteiger partial charge >= 0.3 is 0 Å². The van der Waals surface area contributed by atoms with Gasteiger partial charge in [-0.2, -0.15) is 0 Å². The predicted molar refractivity (Wildman–Crippen MR) is 49.6 cm³/mol. The fourth-order valence-electron chi connectivity index (χ4n) is 1.89. The van der Waals surface area contributed by atoms with Crippen LogP contribution >= 0.6 is 0 Å². The Labute approximate surface area is 77.8 Å². The van der Waals surface area contributed by atoms with E-state index in [1.54, 1.807) is 0 Å². The van der Waals surface area contributed by atoms with Crippen molar-refractivity contribution in [2.24, 2.45) is 0 Å². The number of aliphatic hydroxyl groups is 1. The minimum atomic E-state index is 0.137. The van der Waals surface area contributed by atoms with Crippen LogP contribution in [0.15, 0.2) is 0 Å². The topological polar surface area (TPSA) is 46.0 Å². The molecule has 1 N–H and O–H groups in total. The van der Waals surface area contributed by atoms with Crippen molar-refractivity contribution in [1.82, 2.24) is 9.97 Å². The van der Waals surface area contributed by atoms with Crippen LogP contribution in [0.1, 0.15) is 29.2 Å². The Bertz CT molecular complexity index is 323. The molecule has 13 heavy (non-hydrogen) atoms. The van der Waals surface area contributed by atoms with E-state index in [4.69, 9.17) is 5.11 Å². The predicted octanol–water partition coefficient (Wildman–Crippen LogP) is 0.809. The van der Waals surface area contributed by atoms with Gasteiger partial charge in [0.05, 0.1) is 6.61 Å². The first-order valence-corrected chi connectivity index (χ1v) is 4.77. The van der Waals surface area contributed by atoms with Gasteiger partial charge in [0.15, 0.2) is 0 Å². The molecule has 70 valence electrons. The van der Waals surface area contributed by atoms with Crippen LogP contribution in [0.2, 0.25) is 0 Å². The van der Waals surface area contributed by atoms with Crippen LogP contribution < -0.4 is 0 Å². The summed E-state index contributed by atoms with van der Waals surface area (Å²) in [7, 11) is 0. The fourth-order valence-corrected chi connectivity index (χ4v) is 1.89. The summed E-state index contributed by atoms with van der Waals surface area (Å²) in [6, 6.07) is 0. The lowest BCUT2D eigenvalue weighted by atomic mass is 10.2. The Kier molecular flexibility index (Phi) is 2.27. The average molecular weight is 178 g/mol. The van der Waals surface area contributed by atoms with Crippen LogP contribution in [-0.2, 0) is 19.3 Å². The van der Waals surface area contributed by atoms with Crippen molar-refractivity contribution in [3.63, 3.8) is 0 Å². The molecule has 0 saturated carbocycles. The van der Waals surface area contributed by atoms with Crippen molar-refractivity contribution in [3.8, 4) is 0 Å². The molecule has 0 bridgehead atoms. The van der Waals surface area contributed by atoms with E-state index in [0.717, 1.165) is 24.4 Å². The van der Waals surface area contributed by atoms with Gasteiger partial charge in [0.25, 0.3) is 0 Å². The van der Waals surface area contributed by atoms with Crippen molar-refractivity contribution in [1.29, 1.82) is 0 Å². The van der Waals surface area contributed by atoms with E-state index < -0.39 is 0 Å². The van der Waals surface area contributed by atoms with E-state index in [2.05, 4.69) is 9.97 Å². The lowest BCUT2D eigenvalue weighted by molar-refractivity contribution is 0.296. The minimum absolute atomic E-state index is 0.137. The van der Waals surface area contributed by atoms with Gasteiger partial charge in [-0.1, -0.05) is 0 Å². The molecule has 1 heterocycles. The number of aliphatic hydroxyl groups excluding tert-OH is 1. The first kappa shape index (κ1) is 8.63. The maximum atomic E-state index is 8.78. The first-order valence-electron chi connectivity index (χ1n) is 4.77. The average Bonchev–Trinajstić information content (AvgIpc) is 2.53. The first-order chi connectivity index (χ1) is 6.31. The molecule has 0 fully saturated rings. The van der Waals surface area contributed by atoms with Gasteiger partial charge in [0.2, 0.25) is 0 Å². The number of aromatic nitrogens is 2. The molecule has 0 spiro atoms. The molecule has 0 saturated heterocycles. The third-order valence-corrected chi connectivity index (χ3v) is 2.52. The van der Waals surface area contributed by atoms with Crippen LogP contribution in [0.5, 0.6) is 0 Å². The zero-order valence-corrected chi connectivity index (χ0v) is 7.88. The van der Waals surface area contributed by atoms with Crippen molar-refractivity contribution in [3.05, 3.63) is 22.8 Å². The Morgan fingerprint density at radius 1 is 1.31 bits per heavy atom. The Morgan fingerprint density at radius 3 is 2.92 bits per heavy atom. The molecule has 0 aromatic carbocycles. The van der Waals surface area contributed by atoms with E-state index in [0.29, 0.717) is 6.42 Å². The lowest BCUT2D eigenvalue weighted by Crippen LogP contribution is -2.04. The monoisotopic (exact) mass is 178 g/mol. The van der Waals surface area contributed by atoms with Crippen molar-refractivity contribution < 1.29 is 5.11 Å². The summed E-state index contributed by atoms with van der Waals surface area (Å²) in [5, 5.41) is 8.78. The maximum Gasteiger partial charge on any atom is 0.131 e. The minimum Gasteiger partial charge on any atom is -0.396 e. The van der Waals surface area contributed by atoms with E-state index in [1.165, 1.54) is 17.7 Å². The van der Waals surface area contributed by atoms with E-state index in [-0.39, 0.29) is 6.61 Å². The second-order valence-electron chi connectivity index (χ2n) is 3.48. The second kappa shape index (κ2) is 3.42. The highest BCUT2D eigenvalue weighted by Crippen LogP contribution is 2.22. The summed E-state index contributed by atoms with van der Waals surface area (Å²) in [5.41, 5.74) is 3.64. The molecule has 1 aliphatic carbocycles. The van der Waals surface area contributed by atoms with Gasteiger partial charge in [-0.3, -0.25) is 0 Å². The van der Waals surface area contributed by atoms with Gasteiger partial charge in [-0.25, -0.2) is 9.97 Å². The van der Waals surface area contributed by atoms with E-state index >= 15 is 0 Å². The number of hydrogen-bond acceptors (Lipinski definition) is 3. The summed E-state index contributed by atoms with van der Waals surface area (Å²) in [6.45, 7) is 2.17. The summed E-state index contributed by atoms with van der Waals surface area (Å²) in [4.78, 5) is 8.80. The van der Waals surface area contributed by atoms with E-state index in [9.17, 15) is 0 Å². The van der Waals surface area contributed by atoms with Gasteiger partial charge in [0.1, 0.15) is 5.82 Å². The molecule has 3 nitrogen and oxygen atoms in total. The third-order valence-electron chi connectivity index (χ3n) is 2.52. The normalized spacial score (nSPS) is 14.6. The lowest BCUT2D eigenvalue weighted by Gasteiger charge is -2.05. The summed E-state index contributed by atoms with van der Waals surface area (Å²) in [6.07, 6.45) is 3.99. The highest BCUT2D eigenvalue weighted by molar-refractivity contribution is 5.29. The van der Waals surface area contributed by atoms with Gasteiger partial charge < -0.3 is 5.11 Å². The Balaban J connectivity index is 2.37. The Morgan fingerprint density at radius 2 is 2.15 bits per heavy atom. The molecule has 0 amide bonds. The zero-order valence-electron chi connectivity index (χ0n) is 7.88. The van der Waals surface area contributed by atoms with Gasteiger partial charge in [-0.05, 0) is 31.7 Å². The highest BCUT2D eigenvalue weighted by Gasteiger charge is 2.16. The molecule has 0 atom stereocenters. The van der Waals surface area contributed by atoms with Crippen molar-refractivity contribution in [2.75, 3.05) is 6.61 Å². The number of aryl methyl sites for hydroxylation is 2. The molecule has 1 aliphatic rings. The molecule has 1 aromatic rings. The maximum absolute atomic E-state index is 8.78. The smallest absolute Gasteiger partial charge is 0.131 e. The number of rotatable bonds is 2. The molecule has 2 rings (SSSR count). The highest BCUT2D eigenvalue weighted by atomic mass is 16.3. The fraction of sp³-hybridized carbons (Fsp3) is 0.600. The molecule has 3 heteroatoms. The molecule has 0 radical (unpaired) electrons. The number of fused-ring (bicyclic) bond motifs is 1. The third kappa shape index (κ3) is 1.56. The second-order valence-corrected chi connectivity index (χ2v) is 3.48. The molecular weight excluding hydrogens is 164 g/mol. The Hall–Kier alpha value is -0.960. The molecule has 1 aromatic heterocycles. The molecule has 0 aliphatic heterocycles. The molecule has 0 unspecified atom stereocenters. The van der Waals surface area contributed by atoms with Crippen LogP contribution in [0.4, 0.5) is 0 Å². The summed E-state index contributed by atoms with van der Waals surface area (Å²) < 4.78 is 0.